The van der Waals surface area contributed by atoms with Crippen molar-refractivity contribution < 1.29 is 0 Å². The van der Waals surface area contributed by atoms with Gasteiger partial charge in [-0.25, -0.2) is 15.0 Å². The van der Waals surface area contributed by atoms with E-state index in [9.17, 15) is 0 Å². The lowest BCUT2D eigenvalue weighted by molar-refractivity contribution is 1.07. The Kier molecular flexibility index (Phi) is 5.87. The van der Waals surface area contributed by atoms with Crippen molar-refractivity contribution >= 4 is 37.7 Å². The van der Waals surface area contributed by atoms with Crippen LogP contribution in [0.3, 0.4) is 0 Å². The van der Waals surface area contributed by atoms with Crippen LogP contribution in [-0.2, 0) is 0 Å². The maximum atomic E-state index is 4.89. The molecule has 7 aromatic rings. The first kappa shape index (κ1) is 23.3. The van der Waals surface area contributed by atoms with Crippen LogP contribution in [0.1, 0.15) is 0 Å². The molecule has 4 aromatic carbocycles. The van der Waals surface area contributed by atoms with E-state index in [-0.39, 0.29) is 0 Å². The van der Waals surface area contributed by atoms with Gasteiger partial charge in [0, 0.05) is 49.9 Å². The first-order valence-electron chi connectivity index (χ1n) is 12.5. The number of pyridine rings is 2. The van der Waals surface area contributed by atoms with E-state index >= 15 is 0 Å². The molecule has 184 valence electrons. The van der Waals surface area contributed by atoms with E-state index in [0.29, 0.717) is 17.5 Å². The monoisotopic (exact) mass is 565 g/mol. The summed E-state index contributed by atoms with van der Waals surface area (Å²) in [7, 11) is 0. The van der Waals surface area contributed by atoms with Gasteiger partial charge in [-0.15, -0.1) is 0 Å². The molecule has 39 heavy (non-hydrogen) atoms. The predicted octanol–water partition coefficient (Wildman–Crippen LogP) is 8.40. The molecular formula is C33H20BrN5. The molecule has 0 saturated heterocycles. The van der Waals surface area contributed by atoms with E-state index < -0.39 is 0 Å². The molecule has 0 unspecified atom stereocenters. The minimum absolute atomic E-state index is 0.606. The predicted molar refractivity (Wildman–Crippen MR) is 160 cm³/mol. The lowest BCUT2D eigenvalue weighted by atomic mass is 10.0. The molecule has 0 fully saturated rings. The van der Waals surface area contributed by atoms with Gasteiger partial charge >= 0.3 is 0 Å². The fraction of sp³-hybridized carbons (Fsp3) is 0. The van der Waals surface area contributed by atoms with Crippen LogP contribution in [0.15, 0.2) is 126 Å². The van der Waals surface area contributed by atoms with E-state index in [4.69, 9.17) is 19.9 Å². The van der Waals surface area contributed by atoms with Crippen molar-refractivity contribution in [2.75, 3.05) is 0 Å². The van der Waals surface area contributed by atoms with Gasteiger partial charge in [0.2, 0.25) is 0 Å². The van der Waals surface area contributed by atoms with Gasteiger partial charge in [-0.3, -0.25) is 9.97 Å². The second kappa shape index (κ2) is 9.82. The highest BCUT2D eigenvalue weighted by Crippen LogP contribution is 2.33. The number of aromatic nitrogens is 5. The zero-order valence-corrected chi connectivity index (χ0v) is 22.2. The lowest BCUT2D eigenvalue weighted by Gasteiger charge is -2.11. The van der Waals surface area contributed by atoms with Crippen molar-refractivity contribution in [2.45, 2.75) is 0 Å². The average molecular weight is 566 g/mol. The number of nitrogens with zero attached hydrogens (tertiary/aromatic N) is 5. The van der Waals surface area contributed by atoms with Gasteiger partial charge in [-0.05, 0) is 35.9 Å². The van der Waals surface area contributed by atoms with E-state index in [1.54, 1.807) is 6.20 Å². The summed E-state index contributed by atoms with van der Waals surface area (Å²) in [5.74, 6) is 1.87. The molecule has 0 aliphatic carbocycles. The largest absolute Gasteiger partial charge is 0.254 e. The highest BCUT2D eigenvalue weighted by atomic mass is 79.9. The van der Waals surface area contributed by atoms with E-state index in [0.717, 1.165) is 54.1 Å². The normalized spacial score (nSPS) is 11.2. The third-order valence-corrected chi connectivity index (χ3v) is 7.07. The average Bonchev–Trinajstić information content (AvgIpc) is 3.01. The van der Waals surface area contributed by atoms with Crippen LogP contribution in [0.2, 0.25) is 0 Å². The molecule has 0 atom stereocenters. The van der Waals surface area contributed by atoms with E-state index in [1.165, 1.54) is 0 Å². The molecule has 0 aliphatic heterocycles. The molecule has 0 aliphatic rings. The summed E-state index contributed by atoms with van der Waals surface area (Å²) in [4.78, 5) is 24.0. The van der Waals surface area contributed by atoms with Crippen LogP contribution in [0, 0.1) is 0 Å². The lowest BCUT2D eigenvalue weighted by Crippen LogP contribution is -2.00. The van der Waals surface area contributed by atoms with Crippen LogP contribution in [0.4, 0.5) is 0 Å². The highest BCUT2D eigenvalue weighted by molar-refractivity contribution is 9.10. The quantitative estimate of drug-likeness (QED) is 0.200. The SMILES string of the molecule is Brc1cc(-c2cnc3c(ccc4cccnc43)c2)cc(-c2nc(-c3ccccc3)nc(-c3ccccc3)n2)c1. The summed E-state index contributed by atoms with van der Waals surface area (Å²) in [5.41, 5.74) is 6.57. The number of fused-ring (bicyclic) bond motifs is 3. The second-order valence-corrected chi connectivity index (χ2v) is 10.1. The van der Waals surface area contributed by atoms with Gasteiger partial charge in [-0.2, -0.15) is 0 Å². The molecule has 0 amide bonds. The van der Waals surface area contributed by atoms with Gasteiger partial charge in [0.15, 0.2) is 17.5 Å². The van der Waals surface area contributed by atoms with Gasteiger partial charge < -0.3 is 0 Å². The van der Waals surface area contributed by atoms with E-state index in [1.807, 2.05) is 79.0 Å². The standard InChI is InChI=1S/C33H20BrN5/c34-28-18-25(27-16-24-14-13-21-12-7-15-35-29(21)30(24)36-20-27)17-26(19-28)33-38-31(22-8-3-1-4-9-22)37-32(39-33)23-10-5-2-6-11-23/h1-20H. The number of hydrogen-bond acceptors (Lipinski definition) is 5. The number of rotatable bonds is 4. The third kappa shape index (κ3) is 4.56. The number of hydrogen-bond donors (Lipinski definition) is 0. The Labute approximate surface area is 233 Å². The molecular weight excluding hydrogens is 546 g/mol. The zero-order chi connectivity index (χ0) is 26.2. The molecule has 3 aromatic heterocycles. The highest BCUT2D eigenvalue weighted by Gasteiger charge is 2.14. The smallest absolute Gasteiger partial charge is 0.164 e. The van der Waals surface area contributed by atoms with Crippen LogP contribution in [0.5, 0.6) is 0 Å². The Morgan fingerprint density at radius 2 is 1.03 bits per heavy atom. The fourth-order valence-corrected chi connectivity index (χ4v) is 5.21. The summed E-state index contributed by atoms with van der Waals surface area (Å²) in [6.07, 6.45) is 3.71. The minimum atomic E-state index is 0.606. The van der Waals surface area contributed by atoms with Crippen LogP contribution >= 0.6 is 15.9 Å². The Morgan fingerprint density at radius 3 is 1.72 bits per heavy atom. The van der Waals surface area contributed by atoms with E-state index in [2.05, 4.69) is 57.3 Å². The second-order valence-electron chi connectivity index (χ2n) is 9.20. The van der Waals surface area contributed by atoms with Crippen molar-refractivity contribution in [1.82, 2.24) is 24.9 Å². The molecule has 5 nitrogen and oxygen atoms in total. The van der Waals surface area contributed by atoms with Crippen molar-refractivity contribution in [2.24, 2.45) is 0 Å². The molecule has 0 bridgehead atoms. The first-order valence-corrected chi connectivity index (χ1v) is 13.3. The number of halogens is 1. The van der Waals surface area contributed by atoms with Crippen LogP contribution < -0.4 is 0 Å². The maximum Gasteiger partial charge on any atom is 0.164 e. The van der Waals surface area contributed by atoms with Crippen molar-refractivity contribution in [3.05, 3.63) is 126 Å². The van der Waals surface area contributed by atoms with Crippen molar-refractivity contribution in [3.63, 3.8) is 0 Å². The topological polar surface area (TPSA) is 64.5 Å². The summed E-state index contributed by atoms with van der Waals surface area (Å²) >= 11 is 3.72. The maximum absolute atomic E-state index is 4.89. The Morgan fingerprint density at radius 1 is 0.436 bits per heavy atom. The fourth-order valence-electron chi connectivity index (χ4n) is 4.72. The van der Waals surface area contributed by atoms with Gasteiger partial charge in [0.05, 0.1) is 11.0 Å². The van der Waals surface area contributed by atoms with Crippen molar-refractivity contribution in [1.29, 1.82) is 0 Å². The van der Waals surface area contributed by atoms with Crippen LogP contribution in [-0.4, -0.2) is 24.9 Å². The zero-order valence-electron chi connectivity index (χ0n) is 20.7. The first-order chi connectivity index (χ1) is 19.2. The third-order valence-electron chi connectivity index (χ3n) is 6.61. The molecule has 3 heterocycles. The molecule has 0 spiro atoms. The molecule has 7 rings (SSSR count). The van der Waals surface area contributed by atoms with Crippen LogP contribution in [0.25, 0.3) is 67.1 Å². The van der Waals surface area contributed by atoms with Gasteiger partial charge in [-0.1, -0.05) is 94.8 Å². The van der Waals surface area contributed by atoms with Gasteiger partial charge in [0.1, 0.15) is 0 Å². The number of benzene rings is 4. The summed E-state index contributed by atoms with van der Waals surface area (Å²) in [5, 5.41) is 2.12. The Hall–Kier alpha value is -4.81. The molecule has 6 heteroatoms. The Balaban J connectivity index is 1.37. The molecule has 0 N–H and O–H groups in total. The van der Waals surface area contributed by atoms with Gasteiger partial charge in [0.25, 0.3) is 0 Å². The van der Waals surface area contributed by atoms with Crippen molar-refractivity contribution in [3.8, 4) is 45.3 Å². The minimum Gasteiger partial charge on any atom is -0.254 e. The summed E-state index contributed by atoms with van der Waals surface area (Å²) in [6, 6.07) is 36.5. The Bertz CT molecular complexity index is 1920. The molecule has 0 radical (unpaired) electrons. The molecule has 0 saturated carbocycles. The summed E-state index contributed by atoms with van der Waals surface area (Å²) in [6.45, 7) is 0. The summed E-state index contributed by atoms with van der Waals surface area (Å²) < 4.78 is 0.929.